The van der Waals surface area contributed by atoms with Crippen molar-refractivity contribution in [1.29, 1.82) is 0 Å². The molecule has 0 unspecified atom stereocenters. The van der Waals surface area contributed by atoms with Crippen molar-refractivity contribution in [3.05, 3.63) is 35.9 Å². The molecule has 29 heavy (non-hydrogen) atoms. The second-order valence-corrected chi connectivity index (χ2v) is 8.87. The highest BCUT2D eigenvalue weighted by Gasteiger charge is 2.24. The lowest BCUT2D eigenvalue weighted by atomic mass is 9.88. The molecule has 6 nitrogen and oxygen atoms in total. The first-order chi connectivity index (χ1) is 14.2. The topological polar surface area (TPSA) is 67.1 Å². The van der Waals surface area contributed by atoms with Gasteiger partial charge in [-0.3, -0.25) is 0 Å². The van der Waals surface area contributed by atoms with E-state index >= 15 is 0 Å². The first-order valence-electron chi connectivity index (χ1n) is 10.2. The van der Waals surface area contributed by atoms with Crippen molar-refractivity contribution >= 4 is 37.6 Å². The molecular weight excluding hydrogens is 382 g/mol. The molecule has 0 fully saturated rings. The molecule has 5 rings (SSSR count). The highest BCUT2D eigenvalue weighted by Crippen LogP contribution is 2.42. The molecule has 1 aliphatic carbocycles. The summed E-state index contributed by atoms with van der Waals surface area (Å²) in [7, 11) is 4.20. The summed E-state index contributed by atoms with van der Waals surface area (Å²) in [5.41, 5.74) is 4.76. The van der Waals surface area contributed by atoms with Crippen LogP contribution in [0.15, 0.2) is 29.1 Å². The molecule has 0 amide bonds. The molecule has 4 heterocycles. The van der Waals surface area contributed by atoms with E-state index in [0.29, 0.717) is 0 Å². The summed E-state index contributed by atoms with van der Waals surface area (Å²) < 4.78 is 6.82. The van der Waals surface area contributed by atoms with Crippen molar-refractivity contribution in [3.8, 4) is 11.5 Å². The Morgan fingerprint density at radius 1 is 1.17 bits per heavy atom. The number of anilines is 1. The second kappa shape index (κ2) is 7.72. The largest absolute Gasteiger partial charge is 0.463 e. The summed E-state index contributed by atoms with van der Waals surface area (Å²) in [6.07, 6.45) is 9.00. The molecule has 0 aliphatic heterocycles. The number of hydrogen-bond acceptors (Lipinski definition) is 7. The van der Waals surface area contributed by atoms with Crippen LogP contribution in [-0.4, -0.2) is 47.0 Å². The van der Waals surface area contributed by atoms with Crippen molar-refractivity contribution in [1.82, 2.24) is 19.9 Å². The minimum absolute atomic E-state index is 0.857. The molecule has 0 radical (unpaired) electrons. The van der Waals surface area contributed by atoms with Gasteiger partial charge < -0.3 is 14.6 Å². The zero-order chi connectivity index (χ0) is 19.8. The normalized spacial score (nSPS) is 14.0. The molecule has 0 atom stereocenters. The number of pyridine rings is 1. The predicted molar refractivity (Wildman–Crippen MR) is 119 cm³/mol. The summed E-state index contributed by atoms with van der Waals surface area (Å²) in [5, 5.41) is 4.73. The van der Waals surface area contributed by atoms with E-state index in [2.05, 4.69) is 34.3 Å². The highest BCUT2D eigenvalue weighted by molar-refractivity contribution is 7.26. The van der Waals surface area contributed by atoms with E-state index in [4.69, 9.17) is 9.40 Å². The Morgan fingerprint density at radius 2 is 2.03 bits per heavy atom. The van der Waals surface area contributed by atoms with Crippen LogP contribution in [0, 0.1) is 0 Å². The highest BCUT2D eigenvalue weighted by atomic mass is 32.1. The molecule has 0 saturated heterocycles. The van der Waals surface area contributed by atoms with E-state index in [1.165, 1.54) is 29.4 Å². The van der Waals surface area contributed by atoms with Gasteiger partial charge >= 0.3 is 0 Å². The predicted octanol–water partition coefficient (Wildman–Crippen LogP) is 4.74. The van der Waals surface area contributed by atoms with Gasteiger partial charge in [0.15, 0.2) is 5.76 Å². The molecule has 4 aromatic rings. The zero-order valence-corrected chi connectivity index (χ0v) is 17.7. The summed E-state index contributed by atoms with van der Waals surface area (Å²) in [5.74, 6) is 1.77. The summed E-state index contributed by atoms with van der Waals surface area (Å²) in [6.45, 7) is 1.94. The van der Waals surface area contributed by atoms with E-state index in [0.717, 1.165) is 64.7 Å². The van der Waals surface area contributed by atoms with Gasteiger partial charge in [-0.15, -0.1) is 11.3 Å². The molecule has 1 aliphatic rings. The van der Waals surface area contributed by atoms with Crippen LogP contribution in [0.4, 0.5) is 5.82 Å². The minimum atomic E-state index is 0.857. The van der Waals surface area contributed by atoms with E-state index in [-0.39, 0.29) is 0 Å². The van der Waals surface area contributed by atoms with Gasteiger partial charge in [0.1, 0.15) is 22.7 Å². The Balaban J connectivity index is 1.63. The van der Waals surface area contributed by atoms with Gasteiger partial charge in [0.05, 0.1) is 16.5 Å². The van der Waals surface area contributed by atoms with Gasteiger partial charge in [-0.25, -0.2) is 15.0 Å². The van der Waals surface area contributed by atoms with Gasteiger partial charge in [-0.05, 0) is 76.0 Å². The van der Waals surface area contributed by atoms with Crippen molar-refractivity contribution in [2.45, 2.75) is 32.1 Å². The van der Waals surface area contributed by atoms with Crippen molar-refractivity contribution < 1.29 is 4.42 Å². The number of hydrogen-bond donors (Lipinski definition) is 1. The third kappa shape index (κ3) is 3.38. The molecule has 0 aromatic carbocycles. The van der Waals surface area contributed by atoms with Crippen LogP contribution in [0.2, 0.25) is 0 Å². The van der Waals surface area contributed by atoms with Gasteiger partial charge in [-0.1, -0.05) is 0 Å². The molecule has 0 saturated carbocycles. The first-order valence-corrected chi connectivity index (χ1v) is 11.1. The smallest absolute Gasteiger partial charge is 0.152 e. The number of aryl methyl sites for hydroxylation is 1. The third-order valence-electron chi connectivity index (χ3n) is 5.55. The number of rotatable bonds is 6. The van der Waals surface area contributed by atoms with Crippen LogP contribution in [-0.2, 0) is 12.8 Å². The maximum absolute atomic E-state index is 5.71. The number of thiophene rings is 1. The number of fused-ring (bicyclic) bond motifs is 5. The fourth-order valence-corrected chi connectivity index (χ4v) is 5.33. The van der Waals surface area contributed by atoms with E-state index in [1.54, 1.807) is 23.9 Å². The number of furan rings is 1. The third-order valence-corrected chi connectivity index (χ3v) is 6.63. The fraction of sp³-hybridized carbons (Fsp3) is 0.409. The molecule has 0 bridgehead atoms. The standard InChI is InChI=1S/C22H25N5OS/c1-27(2)11-6-10-23-21-20-19(24-13-25-21)17-14-7-3-4-8-15(14)18(26-22(17)29-20)16-9-5-12-28-16/h5,9,12-13H,3-4,6-8,10-11H2,1-2H3,(H,23,24,25). The Labute approximate surface area is 174 Å². The Morgan fingerprint density at radius 3 is 2.83 bits per heavy atom. The van der Waals surface area contributed by atoms with Crippen molar-refractivity contribution in [2.75, 3.05) is 32.5 Å². The van der Waals surface area contributed by atoms with Gasteiger partial charge in [0.25, 0.3) is 0 Å². The van der Waals surface area contributed by atoms with E-state index in [1.807, 2.05) is 12.1 Å². The molecule has 1 N–H and O–H groups in total. The Kier molecular flexibility index (Phi) is 4.93. The second-order valence-electron chi connectivity index (χ2n) is 7.87. The summed E-state index contributed by atoms with van der Waals surface area (Å²) >= 11 is 1.69. The molecule has 4 aromatic heterocycles. The monoisotopic (exact) mass is 407 g/mol. The van der Waals surface area contributed by atoms with Crippen LogP contribution in [0.25, 0.3) is 31.9 Å². The van der Waals surface area contributed by atoms with Gasteiger partial charge in [-0.2, -0.15) is 0 Å². The quantitative estimate of drug-likeness (QED) is 0.466. The average molecular weight is 408 g/mol. The lowest BCUT2D eigenvalue weighted by Gasteiger charge is -2.19. The van der Waals surface area contributed by atoms with E-state index < -0.39 is 0 Å². The lowest BCUT2D eigenvalue weighted by Crippen LogP contribution is -2.16. The first kappa shape index (κ1) is 18.5. The minimum Gasteiger partial charge on any atom is -0.463 e. The van der Waals surface area contributed by atoms with Crippen LogP contribution in [0.5, 0.6) is 0 Å². The van der Waals surface area contributed by atoms with Crippen LogP contribution in [0.3, 0.4) is 0 Å². The molecule has 7 heteroatoms. The molecule has 150 valence electrons. The average Bonchev–Trinajstić information content (AvgIpc) is 3.38. The number of nitrogens with zero attached hydrogens (tertiary/aromatic N) is 4. The Hall–Kier alpha value is -2.51. The van der Waals surface area contributed by atoms with Crippen LogP contribution >= 0.6 is 11.3 Å². The Bertz CT molecular complexity index is 1150. The van der Waals surface area contributed by atoms with Gasteiger partial charge in [0.2, 0.25) is 0 Å². The summed E-state index contributed by atoms with van der Waals surface area (Å²) in [4.78, 5) is 17.5. The van der Waals surface area contributed by atoms with Gasteiger partial charge in [0, 0.05) is 11.9 Å². The molecule has 0 spiro atoms. The maximum Gasteiger partial charge on any atom is 0.152 e. The lowest BCUT2D eigenvalue weighted by molar-refractivity contribution is 0.405. The molecular formula is C22H25N5OS. The maximum atomic E-state index is 5.71. The van der Waals surface area contributed by atoms with Crippen LogP contribution < -0.4 is 5.32 Å². The van der Waals surface area contributed by atoms with E-state index in [9.17, 15) is 0 Å². The zero-order valence-electron chi connectivity index (χ0n) is 16.9. The number of aromatic nitrogens is 3. The van der Waals surface area contributed by atoms with Crippen molar-refractivity contribution in [3.63, 3.8) is 0 Å². The fourth-order valence-electron chi connectivity index (χ4n) is 4.20. The summed E-state index contributed by atoms with van der Waals surface area (Å²) in [6, 6.07) is 3.94. The van der Waals surface area contributed by atoms with Crippen LogP contribution in [0.1, 0.15) is 30.4 Å². The number of nitrogens with one attached hydrogen (secondary N) is 1. The van der Waals surface area contributed by atoms with Crippen molar-refractivity contribution in [2.24, 2.45) is 0 Å². The SMILES string of the molecule is CN(C)CCCNc1ncnc2c1sc1nc(-c3ccco3)c3c(c12)CCCC3.